The van der Waals surface area contributed by atoms with Crippen LogP contribution in [0.4, 0.5) is 0 Å². The molecule has 0 fully saturated rings. The first kappa shape index (κ1) is 17.0. The van der Waals surface area contributed by atoms with Crippen molar-refractivity contribution in [2.75, 3.05) is 6.61 Å². The maximum atomic E-state index is 12.9. The molecule has 0 bridgehead atoms. The van der Waals surface area contributed by atoms with E-state index in [9.17, 15) is 9.59 Å². The number of rotatable bonds is 5. The summed E-state index contributed by atoms with van der Waals surface area (Å²) in [7, 11) is 0. The van der Waals surface area contributed by atoms with Gasteiger partial charge in [-0.1, -0.05) is 24.6 Å². The van der Waals surface area contributed by atoms with Crippen LogP contribution in [-0.2, 0) is 11.2 Å². The molecule has 3 aromatic rings. The molecule has 0 aliphatic carbocycles. The Morgan fingerprint density at radius 2 is 1.92 bits per heavy atom. The molecule has 6 heteroatoms. The summed E-state index contributed by atoms with van der Waals surface area (Å²) in [6.07, 6.45) is 0.764. The normalized spacial score (nSPS) is 10.8. The van der Waals surface area contributed by atoms with E-state index in [1.54, 1.807) is 36.4 Å². The number of fused-ring (bicyclic) bond motifs is 1. The highest BCUT2D eigenvalue weighted by molar-refractivity contribution is 6.30. The van der Waals surface area contributed by atoms with Crippen LogP contribution in [0.5, 0.6) is 5.75 Å². The predicted molar refractivity (Wildman–Crippen MR) is 95.4 cm³/mol. The fourth-order valence-electron chi connectivity index (χ4n) is 2.50. The molecule has 0 unspecified atom stereocenters. The molecule has 0 amide bonds. The average Bonchev–Trinajstić information content (AvgIpc) is 2.61. The molecule has 1 N–H and O–H groups in total. The van der Waals surface area contributed by atoms with Crippen molar-refractivity contribution in [1.29, 1.82) is 0 Å². The highest BCUT2D eigenvalue weighted by Crippen LogP contribution is 2.32. The number of carboxylic acids is 1. The second-order valence-electron chi connectivity index (χ2n) is 5.46. The predicted octanol–water partition coefficient (Wildman–Crippen LogP) is 4.14. The third-order valence-electron chi connectivity index (χ3n) is 3.77. The molecule has 3 rings (SSSR count). The van der Waals surface area contributed by atoms with Gasteiger partial charge in [0.15, 0.2) is 12.4 Å². The minimum Gasteiger partial charge on any atom is -0.479 e. The van der Waals surface area contributed by atoms with Crippen molar-refractivity contribution >= 4 is 28.5 Å². The molecule has 1 aromatic heterocycles. The first-order chi connectivity index (χ1) is 12.0. The van der Waals surface area contributed by atoms with Gasteiger partial charge in [0.1, 0.15) is 5.58 Å². The van der Waals surface area contributed by atoms with Crippen LogP contribution in [0.2, 0.25) is 5.02 Å². The quantitative estimate of drug-likeness (QED) is 0.741. The van der Waals surface area contributed by atoms with Crippen LogP contribution in [0.1, 0.15) is 12.5 Å². The largest absolute Gasteiger partial charge is 0.479 e. The van der Waals surface area contributed by atoms with Crippen molar-refractivity contribution in [3.05, 3.63) is 63.3 Å². The summed E-state index contributed by atoms with van der Waals surface area (Å²) in [5, 5.41) is 9.78. The van der Waals surface area contributed by atoms with Gasteiger partial charge in [-0.15, -0.1) is 0 Å². The lowest BCUT2D eigenvalue weighted by Crippen LogP contribution is -2.16. The van der Waals surface area contributed by atoms with E-state index < -0.39 is 18.0 Å². The smallest absolute Gasteiger partial charge is 0.341 e. The minimum atomic E-state index is -1.18. The number of hydrogen-bond donors (Lipinski definition) is 1. The highest BCUT2D eigenvalue weighted by Gasteiger charge is 2.19. The molecule has 128 valence electrons. The first-order valence-electron chi connectivity index (χ1n) is 7.70. The van der Waals surface area contributed by atoms with Gasteiger partial charge >= 0.3 is 5.97 Å². The maximum Gasteiger partial charge on any atom is 0.341 e. The Labute approximate surface area is 148 Å². The number of carbonyl (C=O) groups is 1. The Morgan fingerprint density at radius 3 is 2.56 bits per heavy atom. The summed E-state index contributed by atoms with van der Waals surface area (Å²) in [5.41, 5.74) is 1.56. The molecule has 0 aliphatic heterocycles. The number of halogens is 1. The molecule has 0 atom stereocenters. The standard InChI is InChI=1S/C19H15ClO5/c1-2-11-3-8-15-14(9-11)17(23)19(24-10-16(21)22)18(25-15)12-4-6-13(20)7-5-12/h3-9H,2,10H2,1H3,(H,21,22). The molecule has 5 nitrogen and oxygen atoms in total. The van der Waals surface area contributed by atoms with Crippen LogP contribution < -0.4 is 10.2 Å². The maximum absolute atomic E-state index is 12.9. The monoisotopic (exact) mass is 358 g/mol. The summed E-state index contributed by atoms with van der Waals surface area (Å²) >= 11 is 5.90. The molecular weight excluding hydrogens is 344 g/mol. The van der Waals surface area contributed by atoms with E-state index in [-0.39, 0.29) is 11.5 Å². The van der Waals surface area contributed by atoms with E-state index in [1.165, 1.54) is 0 Å². The average molecular weight is 359 g/mol. The van der Waals surface area contributed by atoms with Gasteiger partial charge in [0.25, 0.3) is 0 Å². The number of hydrogen-bond acceptors (Lipinski definition) is 4. The van der Waals surface area contributed by atoms with Gasteiger partial charge in [0, 0.05) is 10.6 Å². The van der Waals surface area contributed by atoms with Gasteiger partial charge < -0.3 is 14.3 Å². The summed E-state index contributed by atoms with van der Waals surface area (Å²) in [6.45, 7) is 1.34. The van der Waals surface area contributed by atoms with Crippen LogP contribution in [0.3, 0.4) is 0 Å². The van der Waals surface area contributed by atoms with Gasteiger partial charge in [-0.25, -0.2) is 4.79 Å². The molecular formula is C19H15ClO5. The second kappa shape index (κ2) is 6.99. The number of carboxylic acid groups (broad SMARTS) is 1. The van der Waals surface area contributed by atoms with Crippen LogP contribution >= 0.6 is 11.6 Å². The Kier molecular flexibility index (Phi) is 4.76. The summed E-state index contributed by atoms with van der Waals surface area (Å²) in [6, 6.07) is 12.0. The van der Waals surface area contributed by atoms with E-state index in [4.69, 9.17) is 25.9 Å². The van der Waals surface area contributed by atoms with Crippen molar-refractivity contribution in [1.82, 2.24) is 0 Å². The lowest BCUT2D eigenvalue weighted by molar-refractivity contribution is -0.139. The van der Waals surface area contributed by atoms with Crippen LogP contribution in [0.25, 0.3) is 22.3 Å². The SMILES string of the molecule is CCc1ccc2oc(-c3ccc(Cl)cc3)c(OCC(=O)O)c(=O)c2c1. The van der Waals surface area contributed by atoms with Crippen molar-refractivity contribution < 1.29 is 19.1 Å². The number of aliphatic carboxylic acids is 1. The summed E-state index contributed by atoms with van der Waals surface area (Å²) < 4.78 is 11.1. The van der Waals surface area contributed by atoms with Crippen LogP contribution in [0.15, 0.2) is 51.7 Å². The fourth-order valence-corrected chi connectivity index (χ4v) is 2.63. The van der Waals surface area contributed by atoms with Crippen LogP contribution in [0, 0.1) is 0 Å². The Bertz CT molecular complexity index is 989. The minimum absolute atomic E-state index is 0.120. The van der Waals surface area contributed by atoms with Gasteiger partial charge in [-0.05, 0) is 48.4 Å². The Morgan fingerprint density at radius 1 is 1.20 bits per heavy atom. The van der Waals surface area contributed by atoms with Crippen molar-refractivity contribution in [2.45, 2.75) is 13.3 Å². The van der Waals surface area contributed by atoms with E-state index in [0.29, 0.717) is 21.6 Å². The highest BCUT2D eigenvalue weighted by atomic mass is 35.5. The summed E-state index contributed by atoms with van der Waals surface area (Å²) in [4.78, 5) is 23.7. The van der Waals surface area contributed by atoms with E-state index in [2.05, 4.69) is 0 Å². The third kappa shape index (κ3) is 3.51. The van der Waals surface area contributed by atoms with Crippen molar-refractivity contribution in [3.8, 4) is 17.1 Å². The second-order valence-corrected chi connectivity index (χ2v) is 5.90. The zero-order valence-corrected chi connectivity index (χ0v) is 14.2. The first-order valence-corrected chi connectivity index (χ1v) is 8.07. The van der Waals surface area contributed by atoms with E-state index in [1.807, 2.05) is 13.0 Å². The molecule has 0 saturated heterocycles. The van der Waals surface area contributed by atoms with Gasteiger partial charge in [-0.2, -0.15) is 0 Å². The van der Waals surface area contributed by atoms with E-state index >= 15 is 0 Å². The molecule has 1 heterocycles. The Hall–Kier alpha value is -2.79. The third-order valence-corrected chi connectivity index (χ3v) is 4.02. The van der Waals surface area contributed by atoms with Crippen LogP contribution in [-0.4, -0.2) is 17.7 Å². The number of aryl methyl sites for hydroxylation is 1. The van der Waals surface area contributed by atoms with Gasteiger partial charge in [0.2, 0.25) is 11.2 Å². The lowest BCUT2D eigenvalue weighted by Gasteiger charge is -2.11. The zero-order valence-electron chi connectivity index (χ0n) is 13.4. The molecule has 0 aliphatic rings. The molecule has 25 heavy (non-hydrogen) atoms. The van der Waals surface area contributed by atoms with Gasteiger partial charge in [-0.3, -0.25) is 4.79 Å². The topological polar surface area (TPSA) is 76.7 Å². The Balaban J connectivity index is 2.25. The summed E-state index contributed by atoms with van der Waals surface area (Å²) in [5.74, 6) is -1.12. The fraction of sp³-hybridized carbons (Fsp3) is 0.158. The van der Waals surface area contributed by atoms with Crippen molar-refractivity contribution in [2.24, 2.45) is 0 Å². The number of ether oxygens (including phenoxy) is 1. The van der Waals surface area contributed by atoms with E-state index in [0.717, 1.165) is 12.0 Å². The molecule has 0 saturated carbocycles. The van der Waals surface area contributed by atoms with Crippen molar-refractivity contribution in [3.63, 3.8) is 0 Å². The number of benzene rings is 2. The lowest BCUT2D eigenvalue weighted by atomic mass is 10.1. The zero-order chi connectivity index (χ0) is 18.0. The molecule has 2 aromatic carbocycles. The molecule has 0 radical (unpaired) electrons. The van der Waals surface area contributed by atoms with Gasteiger partial charge in [0.05, 0.1) is 5.39 Å². The molecule has 0 spiro atoms.